The molecule has 2 heterocycles. The minimum Gasteiger partial charge on any atom is -0.496 e. The van der Waals surface area contributed by atoms with E-state index in [1.54, 1.807) is 7.11 Å². The SMILES string of the molecule is CN=C(NCC(C)N1CCN(C)CC1)NCC(c1ccccc1OC)N1CCCC1. The number of nitrogens with one attached hydrogen (secondary N) is 2. The van der Waals surface area contributed by atoms with Gasteiger partial charge in [-0.2, -0.15) is 0 Å². The molecule has 3 rings (SSSR count). The molecular formula is C23H40N6O. The van der Waals surface area contributed by atoms with E-state index in [1.165, 1.54) is 18.4 Å². The second-order valence-electron chi connectivity index (χ2n) is 8.52. The van der Waals surface area contributed by atoms with Gasteiger partial charge in [-0.25, -0.2) is 0 Å². The number of hydrogen-bond donors (Lipinski definition) is 2. The van der Waals surface area contributed by atoms with E-state index in [1.807, 2.05) is 13.1 Å². The lowest BCUT2D eigenvalue weighted by Gasteiger charge is -2.36. The molecule has 0 aromatic heterocycles. The number of para-hydroxylation sites is 1. The van der Waals surface area contributed by atoms with E-state index in [0.717, 1.165) is 64.1 Å². The predicted octanol–water partition coefficient (Wildman–Crippen LogP) is 1.63. The maximum Gasteiger partial charge on any atom is 0.191 e. The Kier molecular flexibility index (Phi) is 8.78. The van der Waals surface area contributed by atoms with Crippen molar-refractivity contribution >= 4 is 5.96 Å². The summed E-state index contributed by atoms with van der Waals surface area (Å²) in [5.41, 5.74) is 1.25. The molecule has 0 bridgehead atoms. The van der Waals surface area contributed by atoms with Crippen LogP contribution >= 0.6 is 0 Å². The average Bonchev–Trinajstić information content (AvgIpc) is 3.31. The third-order valence-electron chi connectivity index (χ3n) is 6.49. The number of ether oxygens (including phenoxy) is 1. The zero-order chi connectivity index (χ0) is 21.3. The zero-order valence-electron chi connectivity index (χ0n) is 19.2. The van der Waals surface area contributed by atoms with Gasteiger partial charge in [-0.1, -0.05) is 18.2 Å². The number of benzene rings is 1. The van der Waals surface area contributed by atoms with Crippen LogP contribution < -0.4 is 15.4 Å². The van der Waals surface area contributed by atoms with Crippen molar-refractivity contribution < 1.29 is 4.74 Å². The monoisotopic (exact) mass is 416 g/mol. The highest BCUT2D eigenvalue weighted by atomic mass is 16.5. The summed E-state index contributed by atoms with van der Waals surface area (Å²) in [4.78, 5) is 12.0. The summed E-state index contributed by atoms with van der Waals surface area (Å²) in [7, 11) is 5.81. The first kappa shape index (κ1) is 22.8. The van der Waals surface area contributed by atoms with Gasteiger partial charge in [0.25, 0.3) is 0 Å². The molecule has 2 atom stereocenters. The molecule has 7 nitrogen and oxygen atoms in total. The summed E-state index contributed by atoms with van der Waals surface area (Å²) >= 11 is 0. The van der Waals surface area contributed by atoms with E-state index in [4.69, 9.17) is 4.74 Å². The molecule has 2 saturated heterocycles. The molecule has 2 aliphatic rings. The molecule has 2 fully saturated rings. The number of hydrogen-bond acceptors (Lipinski definition) is 5. The van der Waals surface area contributed by atoms with Crippen LogP contribution in [-0.2, 0) is 0 Å². The summed E-state index contributed by atoms with van der Waals surface area (Å²) in [5.74, 6) is 1.83. The third-order valence-corrected chi connectivity index (χ3v) is 6.49. The van der Waals surface area contributed by atoms with Gasteiger partial charge in [0.2, 0.25) is 0 Å². The second kappa shape index (κ2) is 11.5. The molecule has 168 valence electrons. The van der Waals surface area contributed by atoms with Gasteiger partial charge in [0, 0.05) is 57.9 Å². The van der Waals surface area contributed by atoms with Crippen LogP contribution in [0, 0.1) is 0 Å². The Bertz CT molecular complexity index is 667. The largest absolute Gasteiger partial charge is 0.496 e. The highest BCUT2D eigenvalue weighted by Gasteiger charge is 2.26. The number of likely N-dealkylation sites (N-methyl/N-ethyl adjacent to an activating group) is 1. The van der Waals surface area contributed by atoms with Crippen LogP contribution in [-0.4, -0.2) is 100 Å². The van der Waals surface area contributed by atoms with Gasteiger partial charge in [-0.05, 0) is 46.0 Å². The van der Waals surface area contributed by atoms with Crippen molar-refractivity contribution in [3.63, 3.8) is 0 Å². The number of aliphatic imine (C=N–C) groups is 1. The smallest absolute Gasteiger partial charge is 0.191 e. The van der Waals surface area contributed by atoms with Gasteiger partial charge in [-0.15, -0.1) is 0 Å². The fraction of sp³-hybridized carbons (Fsp3) is 0.696. The number of methoxy groups -OCH3 is 1. The topological polar surface area (TPSA) is 55.4 Å². The van der Waals surface area contributed by atoms with Crippen LogP contribution in [0.1, 0.15) is 31.4 Å². The fourth-order valence-corrected chi connectivity index (χ4v) is 4.48. The molecule has 7 heteroatoms. The van der Waals surface area contributed by atoms with Gasteiger partial charge < -0.3 is 20.3 Å². The molecular weight excluding hydrogens is 376 g/mol. The number of rotatable bonds is 8. The first-order chi connectivity index (χ1) is 14.6. The minimum absolute atomic E-state index is 0.275. The van der Waals surface area contributed by atoms with Crippen molar-refractivity contribution in [2.24, 2.45) is 4.99 Å². The molecule has 0 aliphatic carbocycles. The summed E-state index contributed by atoms with van der Waals surface area (Å²) < 4.78 is 5.66. The molecule has 2 aliphatic heterocycles. The molecule has 2 unspecified atom stereocenters. The Labute approximate surface area is 182 Å². The van der Waals surface area contributed by atoms with Gasteiger partial charge in [-0.3, -0.25) is 14.8 Å². The number of likely N-dealkylation sites (tertiary alicyclic amines) is 1. The van der Waals surface area contributed by atoms with Gasteiger partial charge in [0.05, 0.1) is 13.2 Å². The van der Waals surface area contributed by atoms with Crippen molar-refractivity contribution in [1.82, 2.24) is 25.3 Å². The van der Waals surface area contributed by atoms with E-state index in [9.17, 15) is 0 Å². The second-order valence-corrected chi connectivity index (χ2v) is 8.52. The van der Waals surface area contributed by atoms with Crippen LogP contribution in [0.4, 0.5) is 0 Å². The van der Waals surface area contributed by atoms with Crippen LogP contribution in [0.15, 0.2) is 29.3 Å². The lowest BCUT2D eigenvalue weighted by atomic mass is 10.0. The summed E-state index contributed by atoms with van der Waals surface area (Å²) in [6, 6.07) is 9.15. The van der Waals surface area contributed by atoms with E-state index in [0.29, 0.717) is 6.04 Å². The highest BCUT2D eigenvalue weighted by Crippen LogP contribution is 2.31. The van der Waals surface area contributed by atoms with Crippen LogP contribution in [0.5, 0.6) is 5.75 Å². The van der Waals surface area contributed by atoms with Crippen molar-refractivity contribution in [2.75, 3.05) is 73.6 Å². The van der Waals surface area contributed by atoms with E-state index in [-0.39, 0.29) is 6.04 Å². The maximum atomic E-state index is 5.66. The van der Waals surface area contributed by atoms with E-state index < -0.39 is 0 Å². The Balaban J connectivity index is 1.56. The average molecular weight is 417 g/mol. The van der Waals surface area contributed by atoms with Crippen LogP contribution in [0.2, 0.25) is 0 Å². The van der Waals surface area contributed by atoms with E-state index in [2.05, 4.69) is 62.5 Å². The summed E-state index contributed by atoms with van der Waals surface area (Å²) in [5, 5.41) is 7.11. The Morgan fingerprint density at radius 2 is 1.67 bits per heavy atom. The first-order valence-corrected chi connectivity index (χ1v) is 11.4. The molecule has 1 aromatic rings. The van der Waals surface area contributed by atoms with Crippen LogP contribution in [0.3, 0.4) is 0 Å². The minimum atomic E-state index is 0.275. The summed E-state index contributed by atoms with van der Waals surface area (Å²) in [6.45, 7) is 10.8. The number of nitrogens with zero attached hydrogens (tertiary/aromatic N) is 4. The normalized spacial score (nSPS) is 21.4. The molecule has 0 saturated carbocycles. The molecule has 0 radical (unpaired) electrons. The molecule has 2 N–H and O–H groups in total. The lowest BCUT2D eigenvalue weighted by molar-refractivity contribution is 0.120. The number of guanidine groups is 1. The zero-order valence-corrected chi connectivity index (χ0v) is 19.2. The van der Waals surface area contributed by atoms with Gasteiger partial charge >= 0.3 is 0 Å². The highest BCUT2D eigenvalue weighted by molar-refractivity contribution is 5.79. The van der Waals surface area contributed by atoms with Gasteiger partial charge in [0.1, 0.15) is 5.75 Å². The Morgan fingerprint density at radius 3 is 2.33 bits per heavy atom. The summed E-state index contributed by atoms with van der Waals surface area (Å²) in [6.07, 6.45) is 2.53. The molecule has 0 amide bonds. The Hall–Kier alpha value is -1.83. The van der Waals surface area contributed by atoms with Gasteiger partial charge in [0.15, 0.2) is 5.96 Å². The van der Waals surface area contributed by atoms with Crippen molar-refractivity contribution in [2.45, 2.75) is 31.8 Å². The maximum absolute atomic E-state index is 5.66. The lowest BCUT2D eigenvalue weighted by Crippen LogP contribution is -2.52. The third kappa shape index (κ3) is 6.09. The fourth-order valence-electron chi connectivity index (χ4n) is 4.48. The van der Waals surface area contributed by atoms with Crippen molar-refractivity contribution in [3.05, 3.63) is 29.8 Å². The first-order valence-electron chi connectivity index (χ1n) is 11.4. The van der Waals surface area contributed by atoms with Crippen molar-refractivity contribution in [1.29, 1.82) is 0 Å². The molecule has 0 spiro atoms. The standard InChI is InChI=1S/C23H40N6O/c1-19(28-15-13-27(3)14-16-28)17-25-23(24-2)26-18-21(29-11-7-8-12-29)20-9-5-6-10-22(20)30-4/h5-6,9-10,19,21H,7-8,11-18H2,1-4H3,(H2,24,25,26). The van der Waals surface area contributed by atoms with Crippen LogP contribution in [0.25, 0.3) is 0 Å². The van der Waals surface area contributed by atoms with E-state index >= 15 is 0 Å². The van der Waals surface area contributed by atoms with Crippen molar-refractivity contribution in [3.8, 4) is 5.75 Å². The quantitative estimate of drug-likeness (QED) is 0.496. The number of piperazine rings is 1. The Morgan fingerprint density at radius 1 is 1.00 bits per heavy atom. The molecule has 1 aromatic carbocycles. The molecule has 30 heavy (non-hydrogen) atoms. The predicted molar refractivity (Wildman–Crippen MR) is 124 cm³/mol.